The van der Waals surface area contributed by atoms with E-state index in [4.69, 9.17) is 21.1 Å². The van der Waals surface area contributed by atoms with Crippen LogP contribution < -0.4 is 14.8 Å². The molecule has 1 aromatic carbocycles. The minimum atomic E-state index is -0.266. The van der Waals surface area contributed by atoms with Crippen LogP contribution in [0.3, 0.4) is 0 Å². The van der Waals surface area contributed by atoms with Gasteiger partial charge in [0.2, 0.25) is 6.79 Å². The van der Waals surface area contributed by atoms with Gasteiger partial charge in [-0.05, 0) is 37.3 Å². The molecule has 6 heteroatoms. The molecular formula is C14H11ClN2O3. The molecule has 102 valence electrons. The smallest absolute Gasteiger partial charge is 0.256 e. The van der Waals surface area contributed by atoms with Crippen LogP contribution in [0.1, 0.15) is 16.1 Å². The van der Waals surface area contributed by atoms with Crippen molar-refractivity contribution < 1.29 is 14.3 Å². The standard InChI is InChI=1S/C14H11ClN2O3/c1-8-10(15)3-5-13(16-8)17-14(18)9-2-4-11-12(6-9)20-7-19-11/h2-6H,7H2,1H3,(H,16,17,18). The summed E-state index contributed by atoms with van der Waals surface area (Å²) in [6, 6.07) is 8.36. The lowest BCUT2D eigenvalue weighted by atomic mass is 10.2. The molecule has 0 fully saturated rings. The van der Waals surface area contributed by atoms with Crippen molar-refractivity contribution in [3.05, 3.63) is 46.6 Å². The number of ether oxygens (including phenoxy) is 2. The predicted molar refractivity (Wildman–Crippen MR) is 74.5 cm³/mol. The van der Waals surface area contributed by atoms with Crippen molar-refractivity contribution in [1.29, 1.82) is 0 Å². The number of aromatic nitrogens is 1. The summed E-state index contributed by atoms with van der Waals surface area (Å²) in [6.45, 7) is 1.96. The Morgan fingerprint density at radius 1 is 1.25 bits per heavy atom. The molecule has 3 rings (SSSR count). The number of fused-ring (bicyclic) bond motifs is 1. The molecule has 1 amide bonds. The second-order valence-corrected chi connectivity index (χ2v) is 4.69. The molecule has 1 aromatic heterocycles. The van der Waals surface area contributed by atoms with Crippen LogP contribution in [-0.4, -0.2) is 17.7 Å². The summed E-state index contributed by atoms with van der Waals surface area (Å²) >= 11 is 5.89. The van der Waals surface area contributed by atoms with E-state index in [2.05, 4.69) is 10.3 Å². The van der Waals surface area contributed by atoms with Gasteiger partial charge in [0, 0.05) is 5.56 Å². The number of benzene rings is 1. The number of rotatable bonds is 2. The summed E-state index contributed by atoms with van der Waals surface area (Å²) in [4.78, 5) is 16.3. The first-order valence-corrected chi connectivity index (χ1v) is 6.35. The van der Waals surface area contributed by atoms with Gasteiger partial charge in [0.1, 0.15) is 5.82 Å². The van der Waals surface area contributed by atoms with Crippen molar-refractivity contribution in [3.8, 4) is 11.5 Å². The Hall–Kier alpha value is -2.27. The number of amides is 1. The second-order valence-electron chi connectivity index (χ2n) is 4.29. The van der Waals surface area contributed by atoms with E-state index in [1.807, 2.05) is 0 Å². The Morgan fingerprint density at radius 2 is 2.05 bits per heavy atom. The minimum absolute atomic E-state index is 0.179. The Balaban J connectivity index is 1.80. The molecule has 1 aliphatic rings. The third-order valence-electron chi connectivity index (χ3n) is 2.90. The van der Waals surface area contributed by atoms with E-state index in [0.717, 1.165) is 0 Å². The van der Waals surface area contributed by atoms with Crippen molar-refractivity contribution in [1.82, 2.24) is 4.98 Å². The molecule has 0 radical (unpaired) electrons. The van der Waals surface area contributed by atoms with Crippen LogP contribution in [0.2, 0.25) is 5.02 Å². The number of nitrogens with zero attached hydrogens (tertiary/aromatic N) is 1. The summed E-state index contributed by atoms with van der Waals surface area (Å²) in [6.07, 6.45) is 0. The van der Waals surface area contributed by atoms with E-state index in [1.165, 1.54) is 0 Å². The average Bonchev–Trinajstić information content (AvgIpc) is 2.90. The first-order valence-electron chi connectivity index (χ1n) is 5.97. The van der Waals surface area contributed by atoms with E-state index >= 15 is 0 Å². The van der Waals surface area contributed by atoms with E-state index < -0.39 is 0 Å². The van der Waals surface area contributed by atoms with Gasteiger partial charge in [0.25, 0.3) is 5.91 Å². The fraction of sp³-hybridized carbons (Fsp3) is 0.143. The van der Waals surface area contributed by atoms with Crippen LogP contribution in [0.15, 0.2) is 30.3 Å². The number of pyridine rings is 1. The number of hydrogen-bond donors (Lipinski definition) is 1. The molecule has 0 atom stereocenters. The first-order chi connectivity index (χ1) is 9.63. The van der Waals surface area contributed by atoms with Crippen molar-refractivity contribution in [3.63, 3.8) is 0 Å². The normalized spacial score (nSPS) is 12.3. The third kappa shape index (κ3) is 2.40. The SMILES string of the molecule is Cc1nc(NC(=O)c2ccc3c(c2)OCO3)ccc1Cl. The van der Waals surface area contributed by atoms with Crippen LogP contribution in [0, 0.1) is 6.92 Å². The Kier molecular flexibility index (Phi) is 3.20. The van der Waals surface area contributed by atoms with E-state index in [1.54, 1.807) is 37.3 Å². The summed E-state index contributed by atoms with van der Waals surface area (Å²) in [5.74, 6) is 1.40. The first kappa shape index (κ1) is 12.7. The van der Waals surface area contributed by atoms with E-state index in [-0.39, 0.29) is 12.7 Å². The van der Waals surface area contributed by atoms with Gasteiger partial charge in [-0.25, -0.2) is 4.98 Å². The summed E-state index contributed by atoms with van der Waals surface area (Å²) in [5.41, 5.74) is 1.14. The maximum Gasteiger partial charge on any atom is 0.256 e. The topological polar surface area (TPSA) is 60.5 Å². The zero-order valence-electron chi connectivity index (χ0n) is 10.6. The van der Waals surface area contributed by atoms with Gasteiger partial charge in [-0.1, -0.05) is 11.6 Å². The van der Waals surface area contributed by atoms with E-state index in [9.17, 15) is 4.79 Å². The Morgan fingerprint density at radius 3 is 2.85 bits per heavy atom. The molecule has 5 nitrogen and oxygen atoms in total. The van der Waals surface area contributed by atoms with E-state index in [0.29, 0.717) is 33.6 Å². The summed E-state index contributed by atoms with van der Waals surface area (Å²) < 4.78 is 10.4. The lowest BCUT2D eigenvalue weighted by molar-refractivity contribution is 0.102. The van der Waals surface area contributed by atoms with Crippen molar-refractivity contribution in [2.75, 3.05) is 12.1 Å². The highest BCUT2D eigenvalue weighted by atomic mass is 35.5. The van der Waals surface area contributed by atoms with Gasteiger partial charge in [-0.15, -0.1) is 0 Å². The van der Waals surface area contributed by atoms with Crippen LogP contribution in [0.4, 0.5) is 5.82 Å². The monoisotopic (exact) mass is 290 g/mol. The van der Waals surface area contributed by atoms with Crippen molar-refractivity contribution >= 4 is 23.3 Å². The van der Waals surface area contributed by atoms with Gasteiger partial charge >= 0.3 is 0 Å². The highest BCUT2D eigenvalue weighted by Gasteiger charge is 2.16. The zero-order chi connectivity index (χ0) is 14.1. The number of anilines is 1. The Bertz CT molecular complexity index is 688. The summed E-state index contributed by atoms with van der Waals surface area (Å²) in [5, 5.41) is 3.27. The molecule has 0 bridgehead atoms. The van der Waals surface area contributed by atoms with Gasteiger partial charge < -0.3 is 14.8 Å². The van der Waals surface area contributed by atoms with Gasteiger partial charge in [-0.2, -0.15) is 0 Å². The molecule has 0 unspecified atom stereocenters. The quantitative estimate of drug-likeness (QED) is 0.923. The highest BCUT2D eigenvalue weighted by molar-refractivity contribution is 6.31. The fourth-order valence-corrected chi connectivity index (χ4v) is 1.95. The van der Waals surface area contributed by atoms with Gasteiger partial charge in [0.15, 0.2) is 11.5 Å². The van der Waals surface area contributed by atoms with Crippen LogP contribution in [-0.2, 0) is 0 Å². The molecule has 1 aliphatic heterocycles. The van der Waals surface area contributed by atoms with Crippen LogP contribution >= 0.6 is 11.6 Å². The number of carbonyl (C=O) groups is 1. The maximum atomic E-state index is 12.1. The maximum absolute atomic E-state index is 12.1. The molecular weight excluding hydrogens is 280 g/mol. The van der Waals surface area contributed by atoms with Gasteiger partial charge in [0.05, 0.1) is 10.7 Å². The average molecular weight is 291 g/mol. The largest absolute Gasteiger partial charge is 0.454 e. The Labute approximate surface area is 120 Å². The van der Waals surface area contributed by atoms with Crippen LogP contribution in [0.25, 0.3) is 0 Å². The number of aryl methyl sites for hydroxylation is 1. The predicted octanol–water partition coefficient (Wildman–Crippen LogP) is 3.02. The molecule has 2 heterocycles. The molecule has 2 aromatic rings. The van der Waals surface area contributed by atoms with Crippen LogP contribution in [0.5, 0.6) is 11.5 Å². The zero-order valence-corrected chi connectivity index (χ0v) is 11.4. The second kappa shape index (κ2) is 5.02. The minimum Gasteiger partial charge on any atom is -0.454 e. The highest BCUT2D eigenvalue weighted by Crippen LogP contribution is 2.32. The molecule has 0 saturated heterocycles. The molecule has 20 heavy (non-hydrogen) atoms. The fourth-order valence-electron chi connectivity index (χ4n) is 1.84. The number of halogens is 1. The molecule has 0 aliphatic carbocycles. The lowest BCUT2D eigenvalue weighted by Crippen LogP contribution is -2.13. The lowest BCUT2D eigenvalue weighted by Gasteiger charge is -2.06. The number of hydrogen-bond acceptors (Lipinski definition) is 4. The molecule has 0 saturated carbocycles. The molecule has 0 spiro atoms. The van der Waals surface area contributed by atoms with Crippen molar-refractivity contribution in [2.45, 2.75) is 6.92 Å². The molecule has 1 N–H and O–H groups in total. The third-order valence-corrected chi connectivity index (χ3v) is 3.30. The number of nitrogens with one attached hydrogen (secondary N) is 1. The van der Waals surface area contributed by atoms with Crippen molar-refractivity contribution in [2.24, 2.45) is 0 Å². The van der Waals surface area contributed by atoms with Gasteiger partial charge in [-0.3, -0.25) is 4.79 Å². The summed E-state index contributed by atoms with van der Waals surface area (Å²) in [7, 11) is 0. The number of carbonyl (C=O) groups excluding carboxylic acids is 1.